The average Bonchev–Trinajstić information content (AvgIpc) is 3.08. The quantitative estimate of drug-likeness (QED) is 0.548. The highest BCUT2D eigenvalue weighted by atomic mass is 19.2. The van der Waals surface area contributed by atoms with Gasteiger partial charge in [0.15, 0.2) is 11.6 Å². The molecule has 1 amide bonds. The maximum Gasteiger partial charge on any atom is 0.267 e. The molecule has 0 unspecified atom stereocenters. The van der Waals surface area contributed by atoms with Gasteiger partial charge in [-0.2, -0.15) is 0 Å². The second-order valence-electron chi connectivity index (χ2n) is 6.30. The van der Waals surface area contributed by atoms with E-state index in [2.05, 4.69) is 9.97 Å². The Morgan fingerprint density at radius 1 is 1.10 bits per heavy atom. The summed E-state index contributed by atoms with van der Waals surface area (Å²) in [6.07, 6.45) is 0. The van der Waals surface area contributed by atoms with Crippen LogP contribution in [0.1, 0.15) is 21.9 Å². The Morgan fingerprint density at radius 2 is 1.90 bits per heavy atom. The van der Waals surface area contributed by atoms with Gasteiger partial charge in [-0.1, -0.05) is 24.3 Å². The van der Waals surface area contributed by atoms with Crippen LogP contribution in [0, 0.1) is 18.6 Å². The fourth-order valence-electron chi connectivity index (χ4n) is 2.87. The predicted molar refractivity (Wildman–Crippen MR) is 101 cm³/mol. The normalized spacial score (nSPS) is 11.0. The number of pyridine rings is 1. The van der Waals surface area contributed by atoms with Gasteiger partial charge in [-0.05, 0) is 31.2 Å². The molecule has 0 saturated heterocycles. The first kappa shape index (κ1) is 18.5. The lowest BCUT2D eigenvalue weighted by Crippen LogP contribution is -2.13. The van der Waals surface area contributed by atoms with Crippen molar-refractivity contribution in [2.75, 3.05) is 0 Å². The first-order valence-corrected chi connectivity index (χ1v) is 8.67. The smallest absolute Gasteiger partial charge is 0.267 e. The molecular formula is C21H15F2N3O3. The van der Waals surface area contributed by atoms with E-state index in [1.165, 1.54) is 18.2 Å². The number of carbonyl (C=O) groups is 1. The third-order valence-electron chi connectivity index (χ3n) is 4.37. The zero-order valence-corrected chi connectivity index (χ0v) is 15.3. The van der Waals surface area contributed by atoms with E-state index in [0.29, 0.717) is 22.7 Å². The molecule has 4 aromatic rings. The number of nitrogens with two attached hydrogens (primary N) is 1. The Labute approximate surface area is 164 Å². The van der Waals surface area contributed by atoms with Gasteiger partial charge in [0.05, 0.1) is 5.56 Å². The highest BCUT2D eigenvalue weighted by Gasteiger charge is 2.18. The second-order valence-corrected chi connectivity index (χ2v) is 6.30. The van der Waals surface area contributed by atoms with Crippen LogP contribution in [0.4, 0.5) is 8.78 Å². The molecule has 8 heteroatoms. The molecule has 0 aliphatic heterocycles. The lowest BCUT2D eigenvalue weighted by Gasteiger charge is -2.08. The molecule has 0 fully saturated rings. The Bertz CT molecular complexity index is 1240. The fraction of sp³-hybridized carbons (Fsp3) is 0.0952. The summed E-state index contributed by atoms with van der Waals surface area (Å²) in [5.74, 6) is -1.86. The van der Waals surface area contributed by atoms with Crippen molar-refractivity contribution in [3.05, 3.63) is 77.3 Å². The lowest BCUT2D eigenvalue weighted by molar-refractivity contribution is 0.0996. The van der Waals surface area contributed by atoms with Gasteiger partial charge < -0.3 is 14.9 Å². The molecule has 0 radical (unpaired) electrons. The van der Waals surface area contributed by atoms with Crippen LogP contribution < -0.4 is 10.5 Å². The number of oxazole rings is 1. The lowest BCUT2D eigenvalue weighted by atomic mass is 10.2. The number of aryl methyl sites for hydroxylation is 1. The van der Waals surface area contributed by atoms with Crippen molar-refractivity contribution in [2.45, 2.75) is 13.5 Å². The van der Waals surface area contributed by atoms with Crippen molar-refractivity contribution < 1.29 is 22.7 Å². The van der Waals surface area contributed by atoms with E-state index in [9.17, 15) is 13.6 Å². The third kappa shape index (κ3) is 3.52. The van der Waals surface area contributed by atoms with Crippen molar-refractivity contribution in [1.82, 2.24) is 9.97 Å². The number of ether oxygens (including phenoxy) is 1. The zero-order valence-electron chi connectivity index (χ0n) is 15.3. The number of benzene rings is 2. The average molecular weight is 395 g/mol. The van der Waals surface area contributed by atoms with Crippen LogP contribution in [0.2, 0.25) is 0 Å². The van der Waals surface area contributed by atoms with E-state index >= 15 is 0 Å². The number of hydrogen-bond acceptors (Lipinski definition) is 5. The standard InChI is InChI=1S/C21H15F2N3O3/c1-11-16(26-21(29-11)13-5-3-6-14(22)18(13)23)10-28-17-7-2-4-12-8-9-15(20(24)27)25-19(12)17/h2-9H,10H2,1H3,(H2,24,27). The Balaban J connectivity index is 1.63. The van der Waals surface area contributed by atoms with E-state index < -0.39 is 17.5 Å². The summed E-state index contributed by atoms with van der Waals surface area (Å²) in [4.78, 5) is 19.9. The van der Waals surface area contributed by atoms with Gasteiger partial charge in [-0.3, -0.25) is 4.79 Å². The Kier molecular flexibility index (Phi) is 4.67. The number of aromatic nitrogens is 2. The van der Waals surface area contributed by atoms with Crippen molar-refractivity contribution in [2.24, 2.45) is 5.73 Å². The Morgan fingerprint density at radius 3 is 2.69 bits per heavy atom. The molecule has 2 aromatic carbocycles. The maximum absolute atomic E-state index is 14.0. The van der Waals surface area contributed by atoms with Crippen LogP contribution in [0.3, 0.4) is 0 Å². The van der Waals surface area contributed by atoms with Crippen LogP contribution in [0.15, 0.2) is 52.9 Å². The number of halogens is 2. The molecule has 2 heterocycles. The van der Waals surface area contributed by atoms with Crippen LogP contribution in [-0.4, -0.2) is 15.9 Å². The minimum Gasteiger partial charge on any atom is -0.485 e. The number of hydrogen-bond donors (Lipinski definition) is 1. The number of fused-ring (bicyclic) bond motifs is 1. The summed E-state index contributed by atoms with van der Waals surface area (Å²) < 4.78 is 38.8. The van der Waals surface area contributed by atoms with Crippen molar-refractivity contribution in [3.63, 3.8) is 0 Å². The molecule has 0 aliphatic carbocycles. The van der Waals surface area contributed by atoms with Gasteiger partial charge in [0, 0.05) is 5.39 Å². The number of para-hydroxylation sites is 1. The summed E-state index contributed by atoms with van der Waals surface area (Å²) in [5.41, 5.74) is 6.24. The van der Waals surface area contributed by atoms with Gasteiger partial charge >= 0.3 is 0 Å². The summed E-state index contributed by atoms with van der Waals surface area (Å²) in [5, 5.41) is 0.770. The van der Waals surface area contributed by atoms with E-state index in [0.717, 1.165) is 11.5 Å². The zero-order chi connectivity index (χ0) is 20.5. The van der Waals surface area contributed by atoms with Crippen LogP contribution >= 0.6 is 0 Å². The largest absolute Gasteiger partial charge is 0.485 e. The van der Waals surface area contributed by atoms with Gasteiger partial charge in [0.2, 0.25) is 5.89 Å². The third-order valence-corrected chi connectivity index (χ3v) is 4.37. The van der Waals surface area contributed by atoms with E-state index in [4.69, 9.17) is 14.9 Å². The minimum absolute atomic E-state index is 0.00780. The van der Waals surface area contributed by atoms with Gasteiger partial charge in [0.25, 0.3) is 5.91 Å². The first-order valence-electron chi connectivity index (χ1n) is 8.67. The monoisotopic (exact) mass is 395 g/mol. The van der Waals surface area contributed by atoms with Crippen molar-refractivity contribution in [1.29, 1.82) is 0 Å². The number of primary amides is 1. The highest BCUT2D eigenvalue weighted by molar-refractivity contribution is 5.94. The molecule has 2 N–H and O–H groups in total. The van der Waals surface area contributed by atoms with Crippen LogP contribution in [0.25, 0.3) is 22.4 Å². The number of carbonyl (C=O) groups excluding carboxylic acids is 1. The van der Waals surface area contributed by atoms with Gasteiger partial charge in [-0.15, -0.1) is 0 Å². The number of rotatable bonds is 5. The molecule has 2 aromatic heterocycles. The highest BCUT2D eigenvalue weighted by Crippen LogP contribution is 2.28. The molecule has 0 aliphatic rings. The molecule has 146 valence electrons. The molecule has 4 rings (SSSR count). The minimum atomic E-state index is -1.03. The maximum atomic E-state index is 14.0. The van der Waals surface area contributed by atoms with Gasteiger partial charge in [0.1, 0.15) is 35.0 Å². The van der Waals surface area contributed by atoms with E-state index in [-0.39, 0.29) is 23.8 Å². The molecule has 0 spiro atoms. The van der Waals surface area contributed by atoms with Crippen molar-refractivity contribution >= 4 is 16.8 Å². The second kappa shape index (κ2) is 7.31. The molecule has 29 heavy (non-hydrogen) atoms. The molecule has 0 saturated carbocycles. The molecular weight excluding hydrogens is 380 g/mol. The summed E-state index contributed by atoms with van der Waals surface area (Å²) in [6.45, 7) is 1.66. The topological polar surface area (TPSA) is 91.2 Å². The molecule has 6 nitrogen and oxygen atoms in total. The molecule has 0 bridgehead atoms. The first-order chi connectivity index (χ1) is 13.9. The summed E-state index contributed by atoms with van der Waals surface area (Å²) >= 11 is 0. The van der Waals surface area contributed by atoms with Gasteiger partial charge in [-0.25, -0.2) is 18.7 Å². The van der Waals surface area contributed by atoms with E-state index in [1.54, 1.807) is 25.1 Å². The predicted octanol–water partition coefficient (Wildman–Crippen LogP) is 4.15. The SMILES string of the molecule is Cc1oc(-c2cccc(F)c2F)nc1COc1cccc2ccc(C(N)=O)nc12. The Hall–Kier alpha value is -3.81. The fourth-order valence-corrected chi connectivity index (χ4v) is 2.87. The van der Waals surface area contributed by atoms with Crippen LogP contribution in [-0.2, 0) is 6.61 Å². The molecule has 0 atom stereocenters. The van der Waals surface area contributed by atoms with Crippen molar-refractivity contribution in [3.8, 4) is 17.2 Å². The number of nitrogens with zero attached hydrogens (tertiary/aromatic N) is 2. The summed E-state index contributed by atoms with van der Waals surface area (Å²) in [6, 6.07) is 12.3. The van der Waals surface area contributed by atoms with Crippen LogP contribution in [0.5, 0.6) is 5.75 Å². The number of amides is 1. The van der Waals surface area contributed by atoms with E-state index in [1.807, 2.05) is 6.07 Å². The summed E-state index contributed by atoms with van der Waals surface area (Å²) in [7, 11) is 0.